The van der Waals surface area contributed by atoms with E-state index in [4.69, 9.17) is 5.73 Å². The first kappa shape index (κ1) is 10.9. The van der Waals surface area contributed by atoms with Gasteiger partial charge in [0.05, 0.1) is 5.52 Å². The molecule has 0 saturated heterocycles. The standard InChI is InChI=1S/C13H16N2O/c1-8(2)13-9(6-14)7-15-12-4-3-10(16)5-11(12)13/h3-5,7-8,16H,6,14H2,1-2H3. The van der Waals surface area contributed by atoms with E-state index in [0.29, 0.717) is 12.5 Å². The fourth-order valence-electron chi connectivity index (χ4n) is 2.09. The van der Waals surface area contributed by atoms with Gasteiger partial charge in [-0.3, -0.25) is 4.98 Å². The number of fused-ring (bicyclic) bond motifs is 1. The number of nitrogens with zero attached hydrogens (tertiary/aromatic N) is 1. The van der Waals surface area contributed by atoms with E-state index in [9.17, 15) is 5.11 Å². The lowest BCUT2D eigenvalue weighted by atomic mass is 9.94. The molecule has 0 atom stereocenters. The summed E-state index contributed by atoms with van der Waals surface area (Å²) >= 11 is 0. The summed E-state index contributed by atoms with van der Waals surface area (Å²) in [6, 6.07) is 5.25. The third kappa shape index (κ3) is 1.74. The van der Waals surface area contributed by atoms with Gasteiger partial charge in [-0.25, -0.2) is 0 Å². The number of aromatic nitrogens is 1. The van der Waals surface area contributed by atoms with E-state index in [1.54, 1.807) is 12.1 Å². The molecule has 84 valence electrons. The van der Waals surface area contributed by atoms with Crippen LogP contribution in [-0.2, 0) is 6.54 Å². The first-order valence-electron chi connectivity index (χ1n) is 5.44. The maximum atomic E-state index is 9.54. The number of rotatable bonds is 2. The van der Waals surface area contributed by atoms with E-state index in [1.165, 1.54) is 5.56 Å². The monoisotopic (exact) mass is 216 g/mol. The average molecular weight is 216 g/mol. The number of phenols is 1. The van der Waals surface area contributed by atoms with E-state index in [1.807, 2.05) is 12.3 Å². The second-order valence-corrected chi connectivity index (χ2v) is 4.26. The number of nitrogens with two attached hydrogens (primary N) is 1. The first-order valence-corrected chi connectivity index (χ1v) is 5.44. The van der Waals surface area contributed by atoms with Gasteiger partial charge < -0.3 is 10.8 Å². The number of phenolic OH excluding ortho intramolecular Hbond substituents is 1. The van der Waals surface area contributed by atoms with E-state index < -0.39 is 0 Å². The molecule has 1 heterocycles. The van der Waals surface area contributed by atoms with Gasteiger partial charge in [0.15, 0.2) is 0 Å². The van der Waals surface area contributed by atoms with Crippen LogP contribution in [0.25, 0.3) is 10.9 Å². The minimum atomic E-state index is 0.269. The van der Waals surface area contributed by atoms with Gasteiger partial charge in [0.25, 0.3) is 0 Å². The molecule has 0 aliphatic heterocycles. The number of hydrogen-bond acceptors (Lipinski definition) is 3. The quantitative estimate of drug-likeness (QED) is 0.811. The van der Waals surface area contributed by atoms with Crippen LogP contribution in [0.2, 0.25) is 0 Å². The van der Waals surface area contributed by atoms with Crippen molar-refractivity contribution in [2.24, 2.45) is 5.73 Å². The van der Waals surface area contributed by atoms with E-state index >= 15 is 0 Å². The number of pyridine rings is 1. The van der Waals surface area contributed by atoms with Crippen molar-refractivity contribution in [1.82, 2.24) is 4.98 Å². The summed E-state index contributed by atoms with van der Waals surface area (Å²) < 4.78 is 0. The van der Waals surface area contributed by atoms with E-state index in [2.05, 4.69) is 18.8 Å². The maximum absolute atomic E-state index is 9.54. The fourth-order valence-corrected chi connectivity index (χ4v) is 2.09. The number of benzene rings is 1. The Morgan fingerprint density at radius 2 is 2.12 bits per heavy atom. The Morgan fingerprint density at radius 3 is 2.75 bits per heavy atom. The van der Waals surface area contributed by atoms with Crippen molar-refractivity contribution in [1.29, 1.82) is 0 Å². The maximum Gasteiger partial charge on any atom is 0.116 e. The van der Waals surface area contributed by atoms with Crippen LogP contribution >= 0.6 is 0 Å². The van der Waals surface area contributed by atoms with Crippen LogP contribution in [0.3, 0.4) is 0 Å². The molecular formula is C13H16N2O. The Balaban J connectivity index is 2.81. The molecule has 0 aliphatic rings. The van der Waals surface area contributed by atoms with Crippen LogP contribution in [0.4, 0.5) is 0 Å². The van der Waals surface area contributed by atoms with Crippen molar-refractivity contribution in [2.45, 2.75) is 26.3 Å². The molecule has 16 heavy (non-hydrogen) atoms. The molecule has 2 rings (SSSR count). The molecule has 0 radical (unpaired) electrons. The van der Waals surface area contributed by atoms with Crippen molar-refractivity contribution in [3.63, 3.8) is 0 Å². The van der Waals surface area contributed by atoms with Gasteiger partial charge in [-0.2, -0.15) is 0 Å². The fraction of sp³-hybridized carbons (Fsp3) is 0.308. The minimum absolute atomic E-state index is 0.269. The Morgan fingerprint density at radius 1 is 1.38 bits per heavy atom. The zero-order chi connectivity index (χ0) is 11.7. The van der Waals surface area contributed by atoms with Crippen molar-refractivity contribution in [3.8, 4) is 5.75 Å². The lowest BCUT2D eigenvalue weighted by molar-refractivity contribution is 0.476. The van der Waals surface area contributed by atoms with E-state index in [0.717, 1.165) is 16.5 Å². The molecule has 0 spiro atoms. The highest BCUT2D eigenvalue weighted by Gasteiger charge is 2.11. The zero-order valence-electron chi connectivity index (χ0n) is 9.57. The van der Waals surface area contributed by atoms with Crippen molar-refractivity contribution < 1.29 is 5.11 Å². The predicted octanol–water partition coefficient (Wildman–Crippen LogP) is 2.52. The average Bonchev–Trinajstić information content (AvgIpc) is 2.26. The third-order valence-corrected chi connectivity index (χ3v) is 2.77. The molecule has 1 aromatic carbocycles. The summed E-state index contributed by atoms with van der Waals surface area (Å²) in [6.45, 7) is 4.72. The van der Waals surface area contributed by atoms with Gasteiger partial charge in [-0.15, -0.1) is 0 Å². The summed E-state index contributed by atoms with van der Waals surface area (Å²) in [6.07, 6.45) is 1.83. The highest BCUT2D eigenvalue weighted by Crippen LogP contribution is 2.29. The lowest BCUT2D eigenvalue weighted by Gasteiger charge is -2.14. The molecule has 0 unspecified atom stereocenters. The first-order chi connectivity index (χ1) is 7.63. The van der Waals surface area contributed by atoms with Crippen LogP contribution in [-0.4, -0.2) is 10.1 Å². The van der Waals surface area contributed by atoms with Crippen molar-refractivity contribution >= 4 is 10.9 Å². The zero-order valence-corrected chi connectivity index (χ0v) is 9.57. The van der Waals surface area contributed by atoms with Crippen LogP contribution in [0.15, 0.2) is 24.4 Å². The summed E-state index contributed by atoms with van der Waals surface area (Å²) in [5.41, 5.74) is 8.85. The van der Waals surface area contributed by atoms with Gasteiger partial charge in [0, 0.05) is 18.1 Å². The molecule has 1 aromatic heterocycles. The van der Waals surface area contributed by atoms with Gasteiger partial charge >= 0.3 is 0 Å². The topological polar surface area (TPSA) is 59.1 Å². The summed E-state index contributed by atoms with van der Waals surface area (Å²) in [5, 5.41) is 10.5. The largest absolute Gasteiger partial charge is 0.508 e. The molecule has 3 N–H and O–H groups in total. The molecule has 0 aliphatic carbocycles. The third-order valence-electron chi connectivity index (χ3n) is 2.77. The number of hydrogen-bond donors (Lipinski definition) is 2. The molecule has 2 aromatic rings. The van der Waals surface area contributed by atoms with Crippen molar-refractivity contribution in [2.75, 3.05) is 0 Å². The lowest BCUT2D eigenvalue weighted by Crippen LogP contribution is -2.04. The Kier molecular flexibility index (Phi) is 2.79. The second kappa shape index (κ2) is 4.10. The van der Waals surface area contributed by atoms with Crippen LogP contribution in [0.5, 0.6) is 5.75 Å². The SMILES string of the molecule is CC(C)c1c(CN)cnc2ccc(O)cc12. The Labute approximate surface area is 94.9 Å². The van der Waals surface area contributed by atoms with Crippen molar-refractivity contribution in [3.05, 3.63) is 35.5 Å². The highest BCUT2D eigenvalue weighted by atomic mass is 16.3. The summed E-state index contributed by atoms with van der Waals surface area (Å²) in [5.74, 6) is 0.635. The Bertz CT molecular complexity index is 521. The van der Waals surface area contributed by atoms with Gasteiger partial charge in [0.1, 0.15) is 5.75 Å². The molecule has 3 nitrogen and oxygen atoms in total. The predicted molar refractivity (Wildman–Crippen MR) is 65.4 cm³/mol. The Hall–Kier alpha value is -1.61. The normalized spacial score (nSPS) is 11.2. The molecule has 3 heteroatoms. The van der Waals surface area contributed by atoms with Gasteiger partial charge in [-0.1, -0.05) is 13.8 Å². The second-order valence-electron chi connectivity index (χ2n) is 4.26. The van der Waals surface area contributed by atoms with Crippen LogP contribution < -0.4 is 5.73 Å². The summed E-state index contributed by atoms with van der Waals surface area (Å²) in [4.78, 5) is 4.35. The van der Waals surface area contributed by atoms with Gasteiger partial charge in [-0.05, 0) is 35.2 Å². The molecule has 0 saturated carbocycles. The molecule has 0 bridgehead atoms. The van der Waals surface area contributed by atoms with Gasteiger partial charge in [0.2, 0.25) is 0 Å². The minimum Gasteiger partial charge on any atom is -0.508 e. The number of aromatic hydroxyl groups is 1. The van der Waals surface area contributed by atoms with E-state index in [-0.39, 0.29) is 5.75 Å². The van der Waals surface area contributed by atoms with Crippen LogP contribution in [0, 0.1) is 0 Å². The molecule has 0 amide bonds. The molecular weight excluding hydrogens is 200 g/mol. The molecule has 0 fully saturated rings. The van der Waals surface area contributed by atoms with Crippen LogP contribution in [0.1, 0.15) is 30.9 Å². The smallest absolute Gasteiger partial charge is 0.116 e. The summed E-state index contributed by atoms with van der Waals surface area (Å²) in [7, 11) is 0. The highest BCUT2D eigenvalue weighted by molar-refractivity contribution is 5.85.